The van der Waals surface area contributed by atoms with Crippen LogP contribution in [0.2, 0.25) is 0 Å². The van der Waals surface area contributed by atoms with Gasteiger partial charge in [-0.2, -0.15) is 0 Å². The molecule has 0 spiro atoms. The van der Waals surface area contributed by atoms with Crippen LogP contribution in [0.15, 0.2) is 0 Å². The number of amides is 2. The quantitative estimate of drug-likeness (QED) is 0.747. The third-order valence-electron chi connectivity index (χ3n) is 3.06. The highest BCUT2D eigenvalue weighted by atomic mass is 16.6. The molecule has 5 heteroatoms. The molecule has 1 fully saturated rings. The number of nitrogens with zero attached hydrogens (tertiary/aromatic N) is 2. The first-order valence-corrected chi connectivity index (χ1v) is 7.90. The molecular formula is C16H32N2O3. The Labute approximate surface area is 129 Å². The van der Waals surface area contributed by atoms with Crippen LogP contribution in [-0.4, -0.2) is 53.1 Å². The largest absolute Gasteiger partial charge is 0.444 e. The van der Waals surface area contributed by atoms with Crippen molar-refractivity contribution in [3.8, 4) is 0 Å². The third kappa shape index (κ3) is 6.36. The van der Waals surface area contributed by atoms with Crippen molar-refractivity contribution in [3.63, 3.8) is 0 Å². The van der Waals surface area contributed by atoms with Crippen molar-refractivity contribution in [2.75, 3.05) is 19.6 Å². The zero-order chi connectivity index (χ0) is 16.8. The molecule has 2 amide bonds. The summed E-state index contributed by atoms with van der Waals surface area (Å²) in [6.45, 7) is 17.0. The molecule has 0 saturated carbocycles. The maximum atomic E-state index is 12.0. The third-order valence-corrected chi connectivity index (χ3v) is 3.06. The molecule has 1 atom stereocenters. The van der Waals surface area contributed by atoms with Crippen molar-refractivity contribution in [3.05, 3.63) is 0 Å². The molecule has 124 valence electrons. The summed E-state index contributed by atoms with van der Waals surface area (Å²) in [6.07, 6.45) is -0.295. The van der Waals surface area contributed by atoms with Crippen LogP contribution in [0, 0.1) is 5.92 Å². The fraction of sp³-hybridized carbons (Fsp3) is 0.875. The first-order valence-electron chi connectivity index (χ1n) is 7.90. The standard InChI is InChI=1S/C14H26N2O3.C2H6/c1-10(2)12(17)15-7-8-16(11(3)9-15)13(18)19-14(4,5)6;1-2/h10-11H,7-9H2,1-6H3;1-2H3. The van der Waals surface area contributed by atoms with E-state index in [0.717, 1.165) is 0 Å². The van der Waals surface area contributed by atoms with E-state index in [1.54, 1.807) is 4.90 Å². The minimum atomic E-state index is -0.484. The van der Waals surface area contributed by atoms with Gasteiger partial charge in [-0.1, -0.05) is 27.7 Å². The maximum absolute atomic E-state index is 12.0. The van der Waals surface area contributed by atoms with Crippen LogP contribution >= 0.6 is 0 Å². The topological polar surface area (TPSA) is 49.9 Å². The molecule has 1 aliphatic rings. The molecule has 1 aliphatic heterocycles. The van der Waals surface area contributed by atoms with Gasteiger partial charge in [-0.05, 0) is 27.7 Å². The SMILES string of the molecule is CC.CC(C)C(=O)N1CCN(C(=O)OC(C)(C)C)C(C)C1. The number of carbonyl (C=O) groups is 2. The molecule has 1 unspecified atom stereocenters. The lowest BCUT2D eigenvalue weighted by Crippen LogP contribution is -2.56. The predicted molar refractivity (Wildman–Crippen MR) is 85.2 cm³/mol. The molecule has 0 aliphatic carbocycles. The van der Waals surface area contributed by atoms with Crippen LogP contribution in [0.25, 0.3) is 0 Å². The molecule has 0 aromatic carbocycles. The van der Waals surface area contributed by atoms with Crippen LogP contribution in [0.3, 0.4) is 0 Å². The van der Waals surface area contributed by atoms with Crippen LogP contribution in [0.1, 0.15) is 55.4 Å². The Morgan fingerprint density at radius 3 is 2.05 bits per heavy atom. The van der Waals surface area contributed by atoms with Gasteiger partial charge in [0.2, 0.25) is 5.91 Å². The van der Waals surface area contributed by atoms with Crippen molar-refractivity contribution in [2.24, 2.45) is 5.92 Å². The van der Waals surface area contributed by atoms with Gasteiger partial charge >= 0.3 is 6.09 Å². The average molecular weight is 300 g/mol. The number of piperazine rings is 1. The summed E-state index contributed by atoms with van der Waals surface area (Å²) in [5, 5.41) is 0. The van der Waals surface area contributed by atoms with Gasteiger partial charge in [-0.15, -0.1) is 0 Å². The van der Waals surface area contributed by atoms with E-state index < -0.39 is 5.60 Å². The molecule has 21 heavy (non-hydrogen) atoms. The Morgan fingerprint density at radius 2 is 1.67 bits per heavy atom. The lowest BCUT2D eigenvalue weighted by Gasteiger charge is -2.40. The number of ether oxygens (including phenoxy) is 1. The highest BCUT2D eigenvalue weighted by molar-refractivity contribution is 5.78. The number of hydrogen-bond acceptors (Lipinski definition) is 3. The minimum absolute atomic E-state index is 0.000256. The highest BCUT2D eigenvalue weighted by Gasteiger charge is 2.32. The predicted octanol–water partition coefficient (Wildman–Crippen LogP) is 3.14. The Balaban J connectivity index is 0.00000191. The summed E-state index contributed by atoms with van der Waals surface area (Å²) >= 11 is 0. The first kappa shape index (κ1) is 19.7. The first-order chi connectivity index (χ1) is 9.61. The monoisotopic (exact) mass is 300 g/mol. The molecule has 0 aromatic rings. The van der Waals surface area contributed by atoms with Gasteiger partial charge in [0.25, 0.3) is 0 Å². The minimum Gasteiger partial charge on any atom is -0.444 e. The number of hydrogen-bond donors (Lipinski definition) is 0. The second kappa shape index (κ2) is 8.25. The van der Waals surface area contributed by atoms with Crippen molar-refractivity contribution >= 4 is 12.0 Å². The summed E-state index contributed by atoms with van der Waals surface area (Å²) in [5.41, 5.74) is -0.484. The smallest absolute Gasteiger partial charge is 0.410 e. The number of carbonyl (C=O) groups excluding carboxylic acids is 2. The maximum Gasteiger partial charge on any atom is 0.410 e. The summed E-state index contributed by atoms with van der Waals surface area (Å²) in [5.74, 6) is 0.149. The molecule has 0 N–H and O–H groups in total. The summed E-state index contributed by atoms with van der Waals surface area (Å²) in [7, 11) is 0. The Kier molecular flexibility index (Phi) is 7.75. The van der Waals surface area contributed by atoms with E-state index in [1.165, 1.54) is 0 Å². The van der Waals surface area contributed by atoms with E-state index in [2.05, 4.69) is 0 Å². The molecule has 1 heterocycles. The molecule has 1 rings (SSSR count). The number of rotatable bonds is 1. The molecule has 0 bridgehead atoms. The van der Waals surface area contributed by atoms with Gasteiger partial charge in [-0.3, -0.25) is 4.79 Å². The van der Waals surface area contributed by atoms with E-state index in [4.69, 9.17) is 4.74 Å². The van der Waals surface area contributed by atoms with Gasteiger partial charge in [0.15, 0.2) is 0 Å². The highest BCUT2D eigenvalue weighted by Crippen LogP contribution is 2.16. The summed E-state index contributed by atoms with van der Waals surface area (Å²) in [4.78, 5) is 27.5. The molecule has 1 saturated heterocycles. The molecule has 0 aromatic heterocycles. The Morgan fingerprint density at radius 1 is 1.14 bits per heavy atom. The lowest BCUT2D eigenvalue weighted by atomic mass is 10.1. The average Bonchev–Trinajstić information content (AvgIpc) is 2.37. The van der Waals surface area contributed by atoms with Crippen molar-refractivity contribution in [1.82, 2.24) is 9.80 Å². The molecule has 0 radical (unpaired) electrons. The summed E-state index contributed by atoms with van der Waals surface area (Å²) in [6, 6.07) is -0.00806. The van der Waals surface area contributed by atoms with E-state index in [-0.39, 0.29) is 24.0 Å². The van der Waals surface area contributed by atoms with Crippen LogP contribution in [0.5, 0.6) is 0 Å². The fourth-order valence-corrected chi connectivity index (χ4v) is 2.11. The van der Waals surface area contributed by atoms with Crippen molar-refractivity contribution in [1.29, 1.82) is 0 Å². The van der Waals surface area contributed by atoms with Crippen molar-refractivity contribution < 1.29 is 14.3 Å². The second-order valence-electron chi connectivity index (χ2n) is 6.46. The zero-order valence-corrected chi connectivity index (χ0v) is 14.9. The van der Waals surface area contributed by atoms with Gasteiger partial charge in [-0.25, -0.2) is 4.79 Å². The lowest BCUT2D eigenvalue weighted by molar-refractivity contribution is -0.137. The van der Waals surface area contributed by atoms with E-state index in [9.17, 15) is 9.59 Å². The van der Waals surface area contributed by atoms with Gasteiger partial charge in [0, 0.05) is 31.6 Å². The van der Waals surface area contributed by atoms with E-state index >= 15 is 0 Å². The van der Waals surface area contributed by atoms with Crippen LogP contribution in [0.4, 0.5) is 4.79 Å². The second-order valence-corrected chi connectivity index (χ2v) is 6.46. The van der Waals surface area contributed by atoms with Crippen molar-refractivity contribution in [2.45, 2.75) is 67.0 Å². The Hall–Kier alpha value is -1.26. The van der Waals surface area contributed by atoms with Crippen LogP contribution in [-0.2, 0) is 9.53 Å². The van der Waals surface area contributed by atoms with E-state index in [0.29, 0.717) is 19.6 Å². The van der Waals surface area contributed by atoms with Gasteiger partial charge in [0.1, 0.15) is 5.60 Å². The zero-order valence-electron chi connectivity index (χ0n) is 14.9. The summed E-state index contributed by atoms with van der Waals surface area (Å²) < 4.78 is 5.37. The Bertz CT molecular complexity index is 348. The normalized spacial score (nSPS) is 19.0. The fourth-order valence-electron chi connectivity index (χ4n) is 2.11. The van der Waals surface area contributed by atoms with Gasteiger partial charge in [0.05, 0.1) is 0 Å². The van der Waals surface area contributed by atoms with E-state index in [1.807, 2.05) is 60.3 Å². The van der Waals surface area contributed by atoms with Crippen LogP contribution < -0.4 is 0 Å². The molecule has 5 nitrogen and oxygen atoms in total. The van der Waals surface area contributed by atoms with Gasteiger partial charge < -0.3 is 14.5 Å². The molecular weight excluding hydrogens is 268 g/mol.